The minimum Gasteiger partial charge on any atom is -0.478 e. The number of carbonyl (C=O) groups is 1. The van der Waals surface area contributed by atoms with Crippen LogP contribution in [0.4, 0.5) is 22.0 Å². The second kappa shape index (κ2) is 9.33. The summed E-state index contributed by atoms with van der Waals surface area (Å²) in [6.45, 7) is 0.0474. The Balaban J connectivity index is 1.68. The molecule has 1 aliphatic carbocycles. The van der Waals surface area contributed by atoms with E-state index in [9.17, 15) is 43.6 Å². The molecular formula is C27H22F5NO6S2. The van der Waals surface area contributed by atoms with Gasteiger partial charge in [-0.25, -0.2) is 30.4 Å². The summed E-state index contributed by atoms with van der Waals surface area (Å²) in [5, 5.41) is 9.14. The second-order valence-electron chi connectivity index (χ2n) is 10.1. The molecule has 1 aliphatic heterocycles. The van der Waals surface area contributed by atoms with Crippen molar-refractivity contribution in [1.29, 1.82) is 0 Å². The van der Waals surface area contributed by atoms with E-state index in [-0.39, 0.29) is 45.9 Å². The zero-order chi connectivity index (χ0) is 30.2. The monoisotopic (exact) mass is 615 g/mol. The Morgan fingerprint density at radius 1 is 0.927 bits per heavy atom. The topological polar surface area (TPSA) is 109 Å². The van der Waals surface area contributed by atoms with Crippen molar-refractivity contribution in [2.45, 2.75) is 52.2 Å². The Hall–Kier alpha value is -3.36. The molecule has 1 heterocycles. The van der Waals surface area contributed by atoms with Crippen molar-refractivity contribution in [2.75, 3.05) is 6.54 Å². The Labute approximate surface area is 232 Å². The van der Waals surface area contributed by atoms with Gasteiger partial charge in [-0.1, -0.05) is 18.2 Å². The molecule has 14 heteroatoms. The van der Waals surface area contributed by atoms with Crippen LogP contribution < -0.4 is 0 Å². The summed E-state index contributed by atoms with van der Waals surface area (Å²) >= 11 is 0. The number of carboxylic acid groups (broad SMARTS) is 1. The van der Waals surface area contributed by atoms with Crippen molar-refractivity contribution in [3.05, 3.63) is 94.8 Å². The third-order valence-corrected chi connectivity index (χ3v) is 12.4. The summed E-state index contributed by atoms with van der Waals surface area (Å²) in [7, 11) is -8.94. The highest BCUT2D eigenvalue weighted by molar-refractivity contribution is 7.92. The Morgan fingerprint density at radius 3 is 2.07 bits per heavy atom. The molecule has 41 heavy (non-hydrogen) atoms. The van der Waals surface area contributed by atoms with Gasteiger partial charge in [-0.05, 0) is 85.0 Å². The van der Waals surface area contributed by atoms with Gasteiger partial charge in [-0.3, -0.25) is 0 Å². The number of rotatable bonds is 6. The lowest BCUT2D eigenvalue weighted by atomic mass is 9.91. The Kier molecular flexibility index (Phi) is 6.63. The van der Waals surface area contributed by atoms with Crippen LogP contribution in [0.5, 0.6) is 0 Å². The van der Waals surface area contributed by atoms with E-state index in [1.807, 2.05) is 0 Å². The van der Waals surface area contributed by atoms with Crippen LogP contribution in [0.1, 0.15) is 40.4 Å². The van der Waals surface area contributed by atoms with E-state index in [0.29, 0.717) is 6.92 Å². The number of sulfonamides is 1. The van der Waals surface area contributed by atoms with Gasteiger partial charge in [0.15, 0.2) is 9.84 Å². The highest BCUT2D eigenvalue weighted by Gasteiger charge is 2.64. The molecular weight excluding hydrogens is 593 g/mol. The highest BCUT2D eigenvalue weighted by atomic mass is 32.2. The number of nitrogens with zero attached hydrogens (tertiary/aromatic N) is 1. The molecule has 1 fully saturated rings. The van der Waals surface area contributed by atoms with Crippen LogP contribution in [0.3, 0.4) is 0 Å². The molecule has 0 bridgehead atoms. The summed E-state index contributed by atoms with van der Waals surface area (Å²) in [5.41, 5.74) is -4.64. The normalized spacial score (nSPS) is 22.6. The van der Waals surface area contributed by atoms with Crippen molar-refractivity contribution in [3.8, 4) is 0 Å². The fourth-order valence-corrected chi connectivity index (χ4v) is 9.80. The van der Waals surface area contributed by atoms with Gasteiger partial charge in [0.2, 0.25) is 15.7 Å². The quantitative estimate of drug-likeness (QED) is 0.310. The number of halogens is 5. The maximum absolute atomic E-state index is 14.9. The van der Waals surface area contributed by atoms with Crippen LogP contribution in [0, 0.1) is 5.82 Å². The van der Waals surface area contributed by atoms with Crippen LogP contribution in [0.25, 0.3) is 0 Å². The lowest BCUT2D eigenvalue weighted by Gasteiger charge is -2.33. The molecule has 3 atom stereocenters. The molecule has 0 saturated carbocycles. The number of carboxylic acids is 1. The summed E-state index contributed by atoms with van der Waals surface area (Å²) in [6.07, 6.45) is -5.91. The first kappa shape index (κ1) is 29.1. The van der Waals surface area contributed by atoms with Crippen molar-refractivity contribution in [3.63, 3.8) is 0 Å². The van der Waals surface area contributed by atoms with Gasteiger partial charge in [0.05, 0.1) is 21.4 Å². The number of aromatic carboxylic acids is 1. The molecule has 0 spiro atoms. The first-order chi connectivity index (χ1) is 18.9. The van der Waals surface area contributed by atoms with Crippen molar-refractivity contribution in [1.82, 2.24) is 4.31 Å². The maximum atomic E-state index is 14.9. The molecule has 1 saturated heterocycles. The molecule has 0 aromatic heterocycles. The van der Waals surface area contributed by atoms with Crippen LogP contribution in [0.15, 0.2) is 76.5 Å². The maximum Gasteiger partial charge on any atom is 0.426 e. The number of benzene rings is 3. The van der Waals surface area contributed by atoms with Crippen LogP contribution >= 0.6 is 0 Å². The molecule has 7 nitrogen and oxygen atoms in total. The fraction of sp³-hybridized carbons (Fsp3) is 0.296. The van der Waals surface area contributed by atoms with Crippen LogP contribution in [-0.2, 0) is 36.7 Å². The molecule has 2 aliphatic rings. The predicted octanol–water partition coefficient (Wildman–Crippen LogP) is 4.96. The lowest BCUT2D eigenvalue weighted by Crippen LogP contribution is -2.47. The number of alkyl halides is 4. The summed E-state index contributed by atoms with van der Waals surface area (Å²) < 4.78 is 124. The molecule has 3 aromatic carbocycles. The molecule has 1 N–H and O–H groups in total. The van der Waals surface area contributed by atoms with E-state index in [4.69, 9.17) is 5.11 Å². The van der Waals surface area contributed by atoms with Gasteiger partial charge in [0.25, 0.3) is 0 Å². The van der Waals surface area contributed by atoms with E-state index in [2.05, 4.69) is 0 Å². The van der Waals surface area contributed by atoms with E-state index in [1.165, 1.54) is 0 Å². The SMILES string of the molecule is CC(F)(c1ccc2c(c1)CC1N(S(=O)(=O)c3ccc(C(=O)O)cc3)CCC21S(=O)(=O)c1ccc(F)cc1)C(F)(F)F. The van der Waals surface area contributed by atoms with Gasteiger partial charge >= 0.3 is 12.1 Å². The summed E-state index contributed by atoms with van der Waals surface area (Å²) in [5.74, 6) is -2.01. The minimum absolute atomic E-state index is 0.0347. The molecule has 218 valence electrons. The lowest BCUT2D eigenvalue weighted by molar-refractivity contribution is -0.228. The Morgan fingerprint density at radius 2 is 1.51 bits per heavy atom. The van der Waals surface area contributed by atoms with E-state index in [0.717, 1.165) is 71.0 Å². The van der Waals surface area contributed by atoms with Gasteiger partial charge in [-0.15, -0.1) is 0 Å². The third-order valence-electron chi connectivity index (χ3n) is 7.95. The Bertz CT molecular complexity index is 1760. The molecule has 5 rings (SSSR count). The first-order valence-electron chi connectivity index (χ1n) is 12.2. The van der Waals surface area contributed by atoms with Crippen LogP contribution in [-0.4, -0.2) is 51.0 Å². The number of fused-ring (bicyclic) bond motifs is 3. The number of sulfone groups is 1. The molecule has 0 radical (unpaired) electrons. The van der Waals surface area contributed by atoms with Gasteiger partial charge in [-0.2, -0.15) is 17.5 Å². The summed E-state index contributed by atoms with van der Waals surface area (Å²) in [4.78, 5) is 10.6. The third kappa shape index (κ3) is 4.26. The van der Waals surface area contributed by atoms with Crippen molar-refractivity contribution >= 4 is 25.8 Å². The van der Waals surface area contributed by atoms with Crippen molar-refractivity contribution in [2.24, 2.45) is 0 Å². The smallest absolute Gasteiger partial charge is 0.426 e. The van der Waals surface area contributed by atoms with Gasteiger partial charge in [0.1, 0.15) is 10.6 Å². The predicted molar refractivity (Wildman–Crippen MR) is 136 cm³/mol. The van der Waals surface area contributed by atoms with E-state index in [1.54, 1.807) is 0 Å². The zero-order valence-corrected chi connectivity index (χ0v) is 22.8. The van der Waals surface area contributed by atoms with Crippen molar-refractivity contribution < 1.29 is 48.7 Å². The number of hydrogen-bond donors (Lipinski definition) is 1. The van der Waals surface area contributed by atoms with Crippen LogP contribution in [0.2, 0.25) is 0 Å². The first-order valence-corrected chi connectivity index (χ1v) is 15.1. The highest BCUT2D eigenvalue weighted by Crippen LogP contribution is 2.56. The standard InChI is InChI=1S/C27H22F5NO6S2/c1-25(29,27(30,31)32)18-4-11-22-17(14-18)15-23-26(22,40(36,37)20-9-5-19(28)6-10-20)12-13-33(23)41(38,39)21-7-2-16(3-8-21)24(34)35/h2-11,14,23H,12-13,15H2,1H3,(H,34,35). The fourth-order valence-electron chi connectivity index (χ4n) is 5.73. The van der Waals surface area contributed by atoms with E-state index < -0.39 is 59.8 Å². The molecule has 3 unspecified atom stereocenters. The number of hydrogen-bond acceptors (Lipinski definition) is 5. The van der Waals surface area contributed by atoms with Gasteiger partial charge < -0.3 is 5.11 Å². The van der Waals surface area contributed by atoms with Gasteiger partial charge in [0, 0.05) is 6.54 Å². The van der Waals surface area contributed by atoms with E-state index >= 15 is 0 Å². The minimum atomic E-state index is -5.27. The average Bonchev–Trinajstić information content (AvgIpc) is 3.44. The molecule has 0 amide bonds. The summed E-state index contributed by atoms with van der Waals surface area (Å²) in [6, 6.07) is 9.65. The zero-order valence-electron chi connectivity index (χ0n) is 21.2. The molecule has 3 aromatic rings. The average molecular weight is 616 g/mol. The largest absolute Gasteiger partial charge is 0.478 e. The second-order valence-corrected chi connectivity index (χ2v) is 14.2.